The minimum absolute atomic E-state index is 0.196. The minimum Gasteiger partial charge on any atom is -0.339 e. The zero-order valence-corrected chi connectivity index (χ0v) is 13.6. The van der Waals surface area contributed by atoms with Crippen molar-refractivity contribution in [2.45, 2.75) is 32.1 Å². The maximum Gasteiger partial charge on any atom is 0.316 e. The molecule has 0 aliphatic carbocycles. The smallest absolute Gasteiger partial charge is 0.316 e. The van der Waals surface area contributed by atoms with Gasteiger partial charge in [0.05, 0.1) is 0 Å². The molecule has 0 unspecified atom stereocenters. The quantitative estimate of drug-likeness (QED) is 0.458. The first kappa shape index (κ1) is 16.8. The largest absolute Gasteiger partial charge is 0.339 e. The van der Waals surface area contributed by atoms with Gasteiger partial charge in [0.15, 0.2) is 0 Å². The van der Waals surface area contributed by atoms with E-state index in [-0.39, 0.29) is 5.91 Å². The molecule has 1 aromatic carbocycles. The fraction of sp³-hybridized carbons (Fsp3) is 0.529. The second-order valence-corrected chi connectivity index (χ2v) is 5.99. The molecule has 4 nitrogen and oxygen atoms in total. The summed E-state index contributed by atoms with van der Waals surface area (Å²) < 4.78 is 0. The molecule has 1 heterocycles. The van der Waals surface area contributed by atoms with Crippen LogP contribution < -0.4 is 0 Å². The molecule has 0 aromatic heterocycles. The van der Waals surface area contributed by atoms with Gasteiger partial charge in [-0.25, -0.2) is 0 Å². The maximum absolute atomic E-state index is 12.1. The van der Waals surface area contributed by atoms with Crippen molar-refractivity contribution in [2.75, 3.05) is 26.2 Å². The van der Waals surface area contributed by atoms with Crippen molar-refractivity contribution in [1.29, 1.82) is 0 Å². The Bertz CT molecular complexity index is 485. The van der Waals surface area contributed by atoms with E-state index in [1.54, 1.807) is 4.90 Å². The molecule has 1 fully saturated rings. The third-order valence-corrected chi connectivity index (χ3v) is 4.32. The SMILES string of the molecule is O=C(Cl)N1CCN(C(=O)CCCCCc2ccccc2)CC1. The first-order valence-corrected chi connectivity index (χ1v) is 8.31. The van der Waals surface area contributed by atoms with Crippen molar-refractivity contribution < 1.29 is 9.59 Å². The average molecular weight is 323 g/mol. The summed E-state index contributed by atoms with van der Waals surface area (Å²) in [6, 6.07) is 10.4. The van der Waals surface area contributed by atoms with E-state index in [4.69, 9.17) is 11.6 Å². The van der Waals surface area contributed by atoms with Crippen LogP contribution in [-0.4, -0.2) is 47.3 Å². The third kappa shape index (κ3) is 5.34. The Balaban J connectivity index is 1.57. The topological polar surface area (TPSA) is 40.6 Å². The van der Waals surface area contributed by atoms with Gasteiger partial charge in [-0.3, -0.25) is 9.59 Å². The normalized spacial score (nSPS) is 15.0. The van der Waals surface area contributed by atoms with Gasteiger partial charge in [-0.1, -0.05) is 36.8 Å². The van der Waals surface area contributed by atoms with Crippen molar-refractivity contribution >= 4 is 22.9 Å². The van der Waals surface area contributed by atoms with Gasteiger partial charge in [-0.2, -0.15) is 0 Å². The van der Waals surface area contributed by atoms with Crippen LogP contribution in [-0.2, 0) is 11.2 Å². The van der Waals surface area contributed by atoms with Crippen molar-refractivity contribution in [1.82, 2.24) is 9.80 Å². The number of nitrogens with zero attached hydrogens (tertiary/aromatic N) is 2. The molecule has 1 aliphatic heterocycles. The fourth-order valence-corrected chi connectivity index (χ4v) is 2.89. The van der Waals surface area contributed by atoms with Gasteiger partial charge in [0, 0.05) is 32.6 Å². The lowest BCUT2D eigenvalue weighted by Crippen LogP contribution is -2.49. The number of hydrogen-bond donors (Lipinski definition) is 0. The fourth-order valence-electron chi connectivity index (χ4n) is 2.72. The molecular weight excluding hydrogens is 300 g/mol. The maximum atomic E-state index is 12.1. The van der Waals surface area contributed by atoms with Crippen LogP contribution in [0.5, 0.6) is 0 Å². The summed E-state index contributed by atoms with van der Waals surface area (Å²) in [5, 5.41) is -0.423. The molecule has 1 saturated heterocycles. The van der Waals surface area contributed by atoms with E-state index in [2.05, 4.69) is 24.3 Å². The molecule has 2 amide bonds. The lowest BCUT2D eigenvalue weighted by atomic mass is 10.1. The average Bonchev–Trinajstić information content (AvgIpc) is 2.55. The van der Waals surface area contributed by atoms with Gasteiger partial charge < -0.3 is 9.80 Å². The molecule has 0 saturated carbocycles. The third-order valence-electron chi connectivity index (χ3n) is 4.08. The molecule has 1 aromatic rings. The van der Waals surface area contributed by atoms with Gasteiger partial charge in [-0.15, -0.1) is 0 Å². The Morgan fingerprint density at radius 1 is 0.909 bits per heavy atom. The highest BCUT2D eigenvalue weighted by atomic mass is 35.5. The van der Waals surface area contributed by atoms with Crippen molar-refractivity contribution in [3.05, 3.63) is 35.9 Å². The summed E-state index contributed by atoms with van der Waals surface area (Å²) in [6.07, 6.45) is 4.79. The number of halogens is 1. The molecule has 5 heteroatoms. The second kappa shape index (κ2) is 8.79. The monoisotopic (exact) mass is 322 g/mol. The molecule has 0 N–H and O–H groups in total. The zero-order chi connectivity index (χ0) is 15.8. The standard InChI is InChI=1S/C17H23ClN2O2/c18-17(22)20-13-11-19(12-14-20)16(21)10-6-2-5-9-15-7-3-1-4-8-15/h1,3-4,7-8H,2,5-6,9-14H2. The number of benzene rings is 1. The van der Waals surface area contributed by atoms with Crippen LogP contribution in [0.25, 0.3) is 0 Å². The summed E-state index contributed by atoms with van der Waals surface area (Å²) >= 11 is 5.44. The number of carbonyl (C=O) groups is 2. The van der Waals surface area contributed by atoms with Crippen LogP contribution in [0.1, 0.15) is 31.2 Å². The molecule has 0 spiro atoms. The molecular formula is C17H23ClN2O2. The van der Waals surface area contributed by atoms with E-state index in [9.17, 15) is 9.59 Å². The lowest BCUT2D eigenvalue weighted by Gasteiger charge is -2.33. The molecule has 22 heavy (non-hydrogen) atoms. The highest BCUT2D eigenvalue weighted by Crippen LogP contribution is 2.11. The highest BCUT2D eigenvalue weighted by molar-refractivity contribution is 6.62. The summed E-state index contributed by atoms with van der Waals surface area (Å²) in [4.78, 5) is 26.5. The van der Waals surface area contributed by atoms with E-state index in [1.807, 2.05) is 11.0 Å². The van der Waals surface area contributed by atoms with Gasteiger partial charge in [0.1, 0.15) is 0 Å². The summed E-state index contributed by atoms with van der Waals surface area (Å²) in [5.74, 6) is 0.196. The molecule has 0 radical (unpaired) electrons. The van der Waals surface area contributed by atoms with E-state index in [0.29, 0.717) is 32.6 Å². The molecule has 0 atom stereocenters. The molecule has 0 bridgehead atoms. The Labute approximate surface area is 137 Å². The lowest BCUT2D eigenvalue weighted by molar-refractivity contribution is -0.132. The molecule has 2 rings (SSSR count). The second-order valence-electron chi connectivity index (χ2n) is 5.67. The predicted molar refractivity (Wildman–Crippen MR) is 88.0 cm³/mol. The van der Waals surface area contributed by atoms with E-state index in [0.717, 1.165) is 25.7 Å². The number of piperazine rings is 1. The molecule has 1 aliphatic rings. The van der Waals surface area contributed by atoms with Gasteiger partial charge in [0.2, 0.25) is 5.91 Å². The number of unbranched alkanes of at least 4 members (excludes halogenated alkanes) is 2. The van der Waals surface area contributed by atoms with E-state index >= 15 is 0 Å². The Hall–Kier alpha value is -1.55. The minimum atomic E-state index is -0.423. The predicted octanol–water partition coefficient (Wildman–Crippen LogP) is 3.29. The number of aryl methyl sites for hydroxylation is 1. The van der Waals surface area contributed by atoms with Gasteiger partial charge in [-0.05, 0) is 36.4 Å². The van der Waals surface area contributed by atoms with Crippen LogP contribution in [0.3, 0.4) is 0 Å². The van der Waals surface area contributed by atoms with Gasteiger partial charge in [0.25, 0.3) is 0 Å². The van der Waals surface area contributed by atoms with Crippen molar-refractivity contribution in [3.63, 3.8) is 0 Å². The van der Waals surface area contributed by atoms with Crippen LogP contribution in [0.4, 0.5) is 4.79 Å². The summed E-state index contributed by atoms with van der Waals surface area (Å²) in [6.45, 7) is 2.28. The highest BCUT2D eigenvalue weighted by Gasteiger charge is 2.22. The zero-order valence-electron chi connectivity index (χ0n) is 12.8. The van der Waals surface area contributed by atoms with Crippen LogP contribution >= 0.6 is 11.6 Å². The number of carbonyl (C=O) groups excluding carboxylic acids is 2. The number of hydrogen-bond acceptors (Lipinski definition) is 2. The Kier molecular flexibility index (Phi) is 6.72. The first-order valence-electron chi connectivity index (χ1n) is 7.93. The summed E-state index contributed by atoms with van der Waals surface area (Å²) in [7, 11) is 0. The van der Waals surface area contributed by atoms with Crippen LogP contribution in [0.2, 0.25) is 0 Å². The van der Waals surface area contributed by atoms with Crippen LogP contribution in [0.15, 0.2) is 30.3 Å². The van der Waals surface area contributed by atoms with Crippen molar-refractivity contribution in [2.24, 2.45) is 0 Å². The van der Waals surface area contributed by atoms with E-state index in [1.165, 1.54) is 5.56 Å². The number of rotatable bonds is 6. The van der Waals surface area contributed by atoms with Gasteiger partial charge >= 0.3 is 5.37 Å². The first-order chi connectivity index (χ1) is 10.7. The Morgan fingerprint density at radius 3 is 2.18 bits per heavy atom. The summed E-state index contributed by atoms with van der Waals surface area (Å²) in [5.41, 5.74) is 1.36. The van der Waals surface area contributed by atoms with E-state index < -0.39 is 5.37 Å². The molecule has 120 valence electrons. The van der Waals surface area contributed by atoms with Crippen LogP contribution in [0, 0.1) is 0 Å². The van der Waals surface area contributed by atoms with Crippen molar-refractivity contribution in [3.8, 4) is 0 Å². The Morgan fingerprint density at radius 2 is 1.55 bits per heavy atom. The number of amides is 2.